The first-order chi connectivity index (χ1) is 23.4. The van der Waals surface area contributed by atoms with Crippen LogP contribution in [0.25, 0.3) is 74.7 Å². The Bertz CT molecular complexity index is 2670. The predicted octanol–water partition coefficient (Wildman–Crippen LogP) is 13.9. The summed E-state index contributed by atoms with van der Waals surface area (Å²) < 4.78 is 2.69. The lowest BCUT2D eigenvalue weighted by Gasteiger charge is -2.19. The average molecular weight is 634 g/mol. The molecule has 0 amide bonds. The zero-order valence-corrected chi connectivity index (χ0v) is 28.2. The van der Waals surface area contributed by atoms with Gasteiger partial charge in [-0.15, -0.1) is 11.3 Å². The van der Waals surface area contributed by atoms with E-state index in [4.69, 9.17) is 0 Å². The number of rotatable bonds is 4. The van der Waals surface area contributed by atoms with Crippen LogP contribution in [0.2, 0.25) is 0 Å². The Morgan fingerprint density at radius 3 is 1.67 bits per heavy atom. The summed E-state index contributed by atoms with van der Waals surface area (Å²) in [5.74, 6) is 0. The molecule has 2 heteroatoms. The zero-order valence-electron chi connectivity index (χ0n) is 27.3. The minimum Gasteiger partial charge on any atom is -0.354 e. The fourth-order valence-electron chi connectivity index (χ4n) is 7.21. The molecule has 0 aliphatic carbocycles. The van der Waals surface area contributed by atoms with Crippen LogP contribution in [-0.2, 0) is 5.41 Å². The number of anilines is 2. The van der Waals surface area contributed by atoms with E-state index in [0.717, 1.165) is 11.4 Å². The molecule has 1 nitrogen and oxygen atoms in total. The fraction of sp³-hybridized carbons (Fsp3) is 0.0870. The molecule has 0 spiro atoms. The smallest absolute Gasteiger partial charge is 0.0597 e. The van der Waals surface area contributed by atoms with Crippen LogP contribution >= 0.6 is 11.3 Å². The third-order valence-corrected chi connectivity index (χ3v) is 11.0. The van der Waals surface area contributed by atoms with Crippen molar-refractivity contribution in [2.24, 2.45) is 0 Å². The van der Waals surface area contributed by atoms with E-state index in [9.17, 15) is 0 Å². The van der Waals surface area contributed by atoms with Crippen molar-refractivity contribution in [1.29, 1.82) is 0 Å². The molecule has 230 valence electrons. The molecule has 8 aromatic carbocycles. The summed E-state index contributed by atoms with van der Waals surface area (Å²) in [6, 6.07) is 55.6. The molecule has 0 fully saturated rings. The first kappa shape index (κ1) is 28.8. The summed E-state index contributed by atoms with van der Waals surface area (Å²) in [5, 5.41) is 14.1. The molecule has 0 radical (unpaired) electrons. The van der Waals surface area contributed by atoms with Gasteiger partial charge in [0.2, 0.25) is 0 Å². The Labute approximate surface area is 285 Å². The van der Waals surface area contributed by atoms with Crippen LogP contribution in [0, 0.1) is 0 Å². The minimum atomic E-state index is 0.0713. The SMILES string of the molecule is CC(C)(C)c1cccc2c1sc1c(Nc3ccc(-c4ccc5cc(-c6ccc7ccccc7c6)ccc5c4)cc3)cc3ccccc3c12. The van der Waals surface area contributed by atoms with E-state index in [1.54, 1.807) is 0 Å². The second-order valence-corrected chi connectivity index (χ2v) is 14.9. The second-order valence-electron chi connectivity index (χ2n) is 13.9. The van der Waals surface area contributed by atoms with Crippen LogP contribution in [0.4, 0.5) is 11.4 Å². The van der Waals surface area contributed by atoms with Gasteiger partial charge in [-0.1, -0.05) is 136 Å². The molecule has 0 unspecified atom stereocenters. The Morgan fingerprint density at radius 1 is 0.438 bits per heavy atom. The van der Waals surface area contributed by atoms with Gasteiger partial charge in [0.05, 0.1) is 10.4 Å². The molecule has 0 saturated carbocycles. The van der Waals surface area contributed by atoms with E-state index in [1.807, 2.05) is 11.3 Å². The van der Waals surface area contributed by atoms with E-state index >= 15 is 0 Å². The highest BCUT2D eigenvalue weighted by Crippen LogP contribution is 2.46. The van der Waals surface area contributed by atoms with Gasteiger partial charge in [0.1, 0.15) is 0 Å². The maximum Gasteiger partial charge on any atom is 0.0597 e. The number of hydrogen-bond acceptors (Lipinski definition) is 2. The molecule has 0 bridgehead atoms. The van der Waals surface area contributed by atoms with Crippen molar-refractivity contribution in [2.75, 3.05) is 5.32 Å². The molecular formula is C46H35NS. The molecule has 0 aliphatic rings. The molecule has 48 heavy (non-hydrogen) atoms. The summed E-state index contributed by atoms with van der Waals surface area (Å²) in [6.07, 6.45) is 0. The van der Waals surface area contributed by atoms with Gasteiger partial charge in [0, 0.05) is 21.2 Å². The van der Waals surface area contributed by atoms with E-state index in [0.29, 0.717) is 0 Å². The highest BCUT2D eigenvalue weighted by Gasteiger charge is 2.21. The van der Waals surface area contributed by atoms with Crippen LogP contribution in [-0.4, -0.2) is 0 Å². The van der Waals surface area contributed by atoms with Gasteiger partial charge in [-0.25, -0.2) is 0 Å². The Hall–Kier alpha value is -5.44. The third-order valence-electron chi connectivity index (χ3n) is 9.72. The number of hydrogen-bond donors (Lipinski definition) is 1. The summed E-state index contributed by atoms with van der Waals surface area (Å²) in [7, 11) is 0. The highest BCUT2D eigenvalue weighted by molar-refractivity contribution is 7.26. The van der Waals surface area contributed by atoms with Crippen LogP contribution < -0.4 is 5.32 Å². The standard InChI is InChI=1S/C46H35NS/c1-46(2,3)41-14-8-13-40-43-39-12-7-6-11-37(39)28-42(45(43)48-44(40)41)47-38-23-21-30(22-24-38)32-17-18-35-27-36(20-19-34(35)26-32)33-16-15-29-9-4-5-10-31(29)25-33/h4-28,47H,1-3H3. The van der Waals surface area contributed by atoms with Gasteiger partial charge in [0.15, 0.2) is 0 Å². The lowest BCUT2D eigenvalue weighted by Crippen LogP contribution is -2.10. The topological polar surface area (TPSA) is 12.0 Å². The molecule has 1 aromatic heterocycles. The summed E-state index contributed by atoms with van der Waals surface area (Å²) >= 11 is 1.91. The summed E-state index contributed by atoms with van der Waals surface area (Å²) in [5.41, 5.74) is 8.64. The number of nitrogens with one attached hydrogen (secondary N) is 1. The third kappa shape index (κ3) is 4.92. The summed E-state index contributed by atoms with van der Waals surface area (Å²) in [4.78, 5) is 0. The van der Waals surface area contributed by atoms with Crippen LogP contribution in [0.5, 0.6) is 0 Å². The first-order valence-electron chi connectivity index (χ1n) is 16.7. The summed E-state index contributed by atoms with van der Waals surface area (Å²) in [6.45, 7) is 6.93. The minimum absolute atomic E-state index is 0.0713. The lowest BCUT2D eigenvalue weighted by atomic mass is 9.86. The normalized spacial score (nSPS) is 12.1. The van der Waals surface area contributed by atoms with Crippen molar-refractivity contribution in [3.63, 3.8) is 0 Å². The Morgan fingerprint density at radius 2 is 0.979 bits per heavy atom. The van der Waals surface area contributed by atoms with E-state index in [-0.39, 0.29) is 5.41 Å². The van der Waals surface area contributed by atoms with Crippen molar-refractivity contribution < 1.29 is 0 Å². The van der Waals surface area contributed by atoms with E-state index in [2.05, 4.69) is 178 Å². The predicted molar refractivity (Wildman–Crippen MR) is 211 cm³/mol. The van der Waals surface area contributed by atoms with Crippen LogP contribution in [0.3, 0.4) is 0 Å². The Kier molecular flexibility index (Phi) is 6.64. The molecule has 9 aromatic rings. The number of benzene rings is 8. The van der Waals surface area contributed by atoms with Gasteiger partial charge >= 0.3 is 0 Å². The van der Waals surface area contributed by atoms with Gasteiger partial charge in [-0.05, 0) is 102 Å². The van der Waals surface area contributed by atoms with Gasteiger partial charge in [0.25, 0.3) is 0 Å². The van der Waals surface area contributed by atoms with E-state index in [1.165, 1.54) is 80.3 Å². The fourth-order valence-corrected chi connectivity index (χ4v) is 8.72. The number of thiophene rings is 1. The maximum absolute atomic E-state index is 3.81. The molecule has 1 heterocycles. The van der Waals surface area contributed by atoms with Crippen LogP contribution in [0.1, 0.15) is 26.3 Å². The van der Waals surface area contributed by atoms with E-state index < -0.39 is 0 Å². The second kappa shape index (κ2) is 11.1. The van der Waals surface area contributed by atoms with Crippen molar-refractivity contribution >= 4 is 75.2 Å². The quantitative estimate of drug-likeness (QED) is 0.203. The largest absolute Gasteiger partial charge is 0.354 e. The molecule has 9 rings (SSSR count). The Balaban J connectivity index is 1.05. The van der Waals surface area contributed by atoms with Gasteiger partial charge in [-0.3, -0.25) is 0 Å². The van der Waals surface area contributed by atoms with Crippen molar-refractivity contribution in [3.8, 4) is 22.3 Å². The highest BCUT2D eigenvalue weighted by atomic mass is 32.1. The van der Waals surface area contributed by atoms with Crippen molar-refractivity contribution in [1.82, 2.24) is 0 Å². The first-order valence-corrected chi connectivity index (χ1v) is 17.5. The maximum atomic E-state index is 3.81. The number of fused-ring (bicyclic) bond motifs is 7. The lowest BCUT2D eigenvalue weighted by molar-refractivity contribution is 0.597. The monoisotopic (exact) mass is 633 g/mol. The zero-order chi connectivity index (χ0) is 32.4. The molecular weight excluding hydrogens is 599 g/mol. The van der Waals surface area contributed by atoms with Crippen molar-refractivity contribution in [3.05, 3.63) is 157 Å². The molecule has 1 N–H and O–H groups in total. The average Bonchev–Trinajstić information content (AvgIpc) is 3.51. The van der Waals surface area contributed by atoms with Gasteiger partial charge < -0.3 is 5.32 Å². The van der Waals surface area contributed by atoms with Crippen LogP contribution in [0.15, 0.2) is 152 Å². The molecule has 0 saturated heterocycles. The molecule has 0 atom stereocenters. The van der Waals surface area contributed by atoms with Crippen molar-refractivity contribution in [2.45, 2.75) is 26.2 Å². The molecule has 0 aliphatic heterocycles. The van der Waals surface area contributed by atoms with Gasteiger partial charge in [-0.2, -0.15) is 0 Å².